The predicted octanol–water partition coefficient (Wildman–Crippen LogP) is 4.76. The molecule has 1 N–H and O–H groups in total. The maximum Gasteiger partial charge on any atom is 0.127 e. The molecule has 1 fully saturated rings. The maximum atomic E-state index is 5.88. The van der Waals surface area contributed by atoms with Crippen molar-refractivity contribution in [2.75, 3.05) is 0 Å². The van der Waals surface area contributed by atoms with Gasteiger partial charge in [-0.15, -0.1) is 0 Å². The van der Waals surface area contributed by atoms with Crippen LogP contribution >= 0.6 is 0 Å². The van der Waals surface area contributed by atoms with Crippen LogP contribution in [0.2, 0.25) is 0 Å². The average Bonchev–Trinajstić information content (AvgIpc) is 2.92. The van der Waals surface area contributed by atoms with E-state index in [9.17, 15) is 0 Å². The van der Waals surface area contributed by atoms with Gasteiger partial charge in [0.1, 0.15) is 11.5 Å². The number of hydrogen-bond acceptors (Lipinski definition) is 2. The molecule has 2 aromatic rings. The predicted molar refractivity (Wildman–Crippen MR) is 86.6 cm³/mol. The first kappa shape index (κ1) is 14.2. The van der Waals surface area contributed by atoms with Gasteiger partial charge in [-0.2, -0.15) is 0 Å². The lowest BCUT2D eigenvalue weighted by Gasteiger charge is -2.13. The summed E-state index contributed by atoms with van der Waals surface area (Å²) >= 11 is 0. The normalized spacial score (nSPS) is 21.4. The summed E-state index contributed by atoms with van der Waals surface area (Å²) in [5.41, 5.74) is 1.28. The van der Waals surface area contributed by atoms with Crippen LogP contribution in [0.15, 0.2) is 54.6 Å². The van der Waals surface area contributed by atoms with Crippen LogP contribution in [0.25, 0.3) is 0 Å². The Morgan fingerprint density at radius 1 is 1.00 bits per heavy atom. The fourth-order valence-electron chi connectivity index (χ4n) is 3.00. The van der Waals surface area contributed by atoms with E-state index in [0.717, 1.165) is 24.0 Å². The monoisotopic (exact) mass is 281 g/mol. The zero-order valence-electron chi connectivity index (χ0n) is 12.6. The van der Waals surface area contributed by atoms with E-state index in [1.54, 1.807) is 0 Å². The van der Waals surface area contributed by atoms with Crippen molar-refractivity contribution in [1.29, 1.82) is 0 Å². The van der Waals surface area contributed by atoms with Crippen LogP contribution in [0.4, 0.5) is 0 Å². The summed E-state index contributed by atoms with van der Waals surface area (Å²) in [5, 5.41) is 3.66. The molecule has 3 rings (SSSR count). The quantitative estimate of drug-likeness (QED) is 0.853. The second-order valence-corrected chi connectivity index (χ2v) is 6.06. The molecule has 2 aromatic carbocycles. The summed E-state index contributed by atoms with van der Waals surface area (Å²) in [5.74, 6) is 2.66. The van der Waals surface area contributed by atoms with Crippen molar-refractivity contribution in [2.24, 2.45) is 5.92 Å². The molecule has 110 valence electrons. The van der Waals surface area contributed by atoms with Crippen LogP contribution in [0.1, 0.15) is 31.7 Å². The van der Waals surface area contributed by atoms with Crippen LogP contribution in [-0.4, -0.2) is 6.04 Å². The maximum absolute atomic E-state index is 5.88. The SMILES string of the molecule is CC1CCC(NCc2cccc(Oc3ccccc3)c2)C1. The topological polar surface area (TPSA) is 21.3 Å². The molecule has 21 heavy (non-hydrogen) atoms. The van der Waals surface area contributed by atoms with Gasteiger partial charge >= 0.3 is 0 Å². The van der Waals surface area contributed by atoms with Gasteiger partial charge in [0.05, 0.1) is 0 Å². The average molecular weight is 281 g/mol. The fourth-order valence-corrected chi connectivity index (χ4v) is 3.00. The van der Waals surface area contributed by atoms with E-state index in [4.69, 9.17) is 4.74 Å². The Hall–Kier alpha value is -1.80. The highest BCUT2D eigenvalue weighted by molar-refractivity contribution is 5.33. The van der Waals surface area contributed by atoms with E-state index >= 15 is 0 Å². The van der Waals surface area contributed by atoms with E-state index < -0.39 is 0 Å². The molecule has 0 bridgehead atoms. The van der Waals surface area contributed by atoms with Crippen molar-refractivity contribution in [1.82, 2.24) is 5.32 Å². The Balaban J connectivity index is 1.58. The molecule has 0 saturated heterocycles. The van der Waals surface area contributed by atoms with Gasteiger partial charge in [-0.1, -0.05) is 37.3 Å². The van der Waals surface area contributed by atoms with Gasteiger partial charge in [0.2, 0.25) is 0 Å². The number of hydrogen-bond donors (Lipinski definition) is 1. The zero-order valence-corrected chi connectivity index (χ0v) is 12.6. The van der Waals surface area contributed by atoms with Gasteiger partial charge < -0.3 is 10.1 Å². The number of para-hydroxylation sites is 1. The van der Waals surface area contributed by atoms with E-state index in [1.165, 1.54) is 24.8 Å². The lowest BCUT2D eigenvalue weighted by Crippen LogP contribution is -2.25. The Bertz CT molecular complexity index is 567. The molecule has 0 aliphatic heterocycles. The van der Waals surface area contributed by atoms with Gasteiger partial charge in [0, 0.05) is 12.6 Å². The van der Waals surface area contributed by atoms with Crippen LogP contribution in [0, 0.1) is 5.92 Å². The number of nitrogens with one attached hydrogen (secondary N) is 1. The van der Waals surface area contributed by atoms with Crippen LogP contribution in [0.3, 0.4) is 0 Å². The number of benzene rings is 2. The van der Waals surface area contributed by atoms with Crippen molar-refractivity contribution in [3.63, 3.8) is 0 Å². The lowest BCUT2D eigenvalue weighted by molar-refractivity contribution is 0.478. The highest BCUT2D eigenvalue weighted by atomic mass is 16.5. The summed E-state index contributed by atoms with van der Waals surface area (Å²) in [4.78, 5) is 0. The molecule has 0 radical (unpaired) electrons. The Morgan fingerprint density at radius 3 is 2.57 bits per heavy atom. The molecule has 2 heteroatoms. The molecule has 1 aliphatic carbocycles. The first-order valence-corrected chi connectivity index (χ1v) is 7.85. The second kappa shape index (κ2) is 6.77. The molecule has 2 unspecified atom stereocenters. The van der Waals surface area contributed by atoms with E-state index in [1.807, 2.05) is 36.4 Å². The second-order valence-electron chi connectivity index (χ2n) is 6.06. The molecule has 2 atom stereocenters. The Labute approximate surface area is 127 Å². The first-order chi connectivity index (χ1) is 10.3. The number of rotatable bonds is 5. The third-order valence-electron chi connectivity index (χ3n) is 4.17. The summed E-state index contributed by atoms with van der Waals surface area (Å²) in [6.45, 7) is 3.26. The van der Waals surface area contributed by atoms with Gasteiger partial charge in [0.25, 0.3) is 0 Å². The Morgan fingerprint density at radius 2 is 1.81 bits per heavy atom. The van der Waals surface area contributed by atoms with Crippen molar-refractivity contribution >= 4 is 0 Å². The van der Waals surface area contributed by atoms with Crippen molar-refractivity contribution in [2.45, 2.75) is 38.8 Å². The highest BCUT2D eigenvalue weighted by Crippen LogP contribution is 2.25. The minimum Gasteiger partial charge on any atom is -0.457 e. The highest BCUT2D eigenvalue weighted by Gasteiger charge is 2.20. The van der Waals surface area contributed by atoms with Crippen LogP contribution < -0.4 is 10.1 Å². The third-order valence-corrected chi connectivity index (χ3v) is 4.17. The largest absolute Gasteiger partial charge is 0.457 e. The minimum absolute atomic E-state index is 0.679. The minimum atomic E-state index is 0.679. The molecule has 0 heterocycles. The van der Waals surface area contributed by atoms with Crippen molar-refractivity contribution in [3.05, 3.63) is 60.2 Å². The zero-order chi connectivity index (χ0) is 14.5. The van der Waals surface area contributed by atoms with Gasteiger partial charge in [0.15, 0.2) is 0 Å². The molecule has 1 saturated carbocycles. The van der Waals surface area contributed by atoms with Crippen LogP contribution in [0.5, 0.6) is 11.5 Å². The molecule has 0 spiro atoms. The molecule has 0 amide bonds. The van der Waals surface area contributed by atoms with Gasteiger partial charge in [-0.3, -0.25) is 0 Å². The van der Waals surface area contributed by atoms with E-state index in [2.05, 4.69) is 30.4 Å². The van der Waals surface area contributed by atoms with Gasteiger partial charge in [-0.05, 0) is 55.0 Å². The first-order valence-electron chi connectivity index (χ1n) is 7.85. The smallest absolute Gasteiger partial charge is 0.127 e. The summed E-state index contributed by atoms with van der Waals surface area (Å²) < 4.78 is 5.88. The van der Waals surface area contributed by atoms with Gasteiger partial charge in [-0.25, -0.2) is 0 Å². The molecular weight excluding hydrogens is 258 g/mol. The molecule has 2 nitrogen and oxygen atoms in total. The fraction of sp³-hybridized carbons (Fsp3) is 0.368. The Kier molecular flexibility index (Phi) is 4.56. The summed E-state index contributed by atoms with van der Waals surface area (Å²) in [6.07, 6.45) is 3.97. The summed E-state index contributed by atoms with van der Waals surface area (Å²) in [6, 6.07) is 19.0. The third kappa shape index (κ3) is 4.08. The van der Waals surface area contributed by atoms with E-state index in [-0.39, 0.29) is 0 Å². The van der Waals surface area contributed by atoms with Crippen molar-refractivity contribution < 1.29 is 4.74 Å². The molecule has 1 aliphatic rings. The van der Waals surface area contributed by atoms with Crippen molar-refractivity contribution in [3.8, 4) is 11.5 Å². The van der Waals surface area contributed by atoms with Crippen LogP contribution in [-0.2, 0) is 6.54 Å². The summed E-state index contributed by atoms with van der Waals surface area (Å²) in [7, 11) is 0. The van der Waals surface area contributed by atoms with E-state index in [0.29, 0.717) is 6.04 Å². The molecular formula is C19H23NO. The number of ether oxygens (including phenoxy) is 1. The standard InChI is InChI=1S/C19H23NO/c1-15-10-11-17(12-15)20-14-16-6-5-9-19(13-16)21-18-7-3-2-4-8-18/h2-9,13,15,17,20H,10-12,14H2,1H3. The lowest BCUT2D eigenvalue weighted by atomic mass is 10.1. The molecule has 0 aromatic heterocycles.